The number of tetrazole rings is 1. The van der Waals surface area contributed by atoms with Crippen molar-refractivity contribution in [3.63, 3.8) is 0 Å². The molecule has 0 saturated heterocycles. The average Bonchev–Trinajstić information content (AvgIpc) is 2.86. The van der Waals surface area contributed by atoms with Crippen LogP contribution >= 0.6 is 27.7 Å². The highest BCUT2D eigenvalue weighted by molar-refractivity contribution is 9.10. The number of halogens is 1. The van der Waals surface area contributed by atoms with Crippen LogP contribution in [-0.4, -0.2) is 33.3 Å². The molecule has 0 radical (unpaired) electrons. The van der Waals surface area contributed by atoms with Gasteiger partial charge in [-0.3, -0.25) is 0 Å². The Hall–Kier alpha value is -0.920. The third-order valence-corrected chi connectivity index (χ3v) is 4.34. The third-order valence-electron chi connectivity index (χ3n) is 2.56. The molecule has 0 aliphatic rings. The van der Waals surface area contributed by atoms with Crippen molar-refractivity contribution < 1.29 is 0 Å². The number of hydrogen-bond donors (Lipinski definition) is 1. The molecule has 2 aromatic rings. The number of benzene rings is 1. The standard InChI is InChI=1S/C12H16BrN5S/c1-2-14-7-8-18-12(15-16-17-18)19-9-10-5-3-4-6-11(10)13/h3-6,14H,2,7-9H2,1H3. The first kappa shape index (κ1) is 14.5. The molecule has 5 nitrogen and oxygen atoms in total. The highest BCUT2D eigenvalue weighted by Gasteiger charge is 2.07. The van der Waals surface area contributed by atoms with Crippen LogP contribution in [-0.2, 0) is 12.3 Å². The maximum Gasteiger partial charge on any atom is 0.209 e. The van der Waals surface area contributed by atoms with Crippen LogP contribution in [0.5, 0.6) is 0 Å². The number of likely N-dealkylation sites (N-methyl/N-ethyl adjacent to an activating group) is 1. The lowest BCUT2D eigenvalue weighted by atomic mass is 10.2. The molecule has 1 aromatic heterocycles. The lowest BCUT2D eigenvalue weighted by Crippen LogP contribution is -2.20. The minimum Gasteiger partial charge on any atom is -0.315 e. The van der Waals surface area contributed by atoms with E-state index >= 15 is 0 Å². The normalized spacial score (nSPS) is 10.8. The Morgan fingerprint density at radius 3 is 3.00 bits per heavy atom. The molecule has 1 heterocycles. The zero-order valence-corrected chi connectivity index (χ0v) is 13.1. The first-order valence-electron chi connectivity index (χ1n) is 6.14. The molecule has 0 atom stereocenters. The van der Waals surface area contributed by atoms with Crippen LogP contribution in [0.15, 0.2) is 33.9 Å². The van der Waals surface area contributed by atoms with E-state index in [4.69, 9.17) is 0 Å². The highest BCUT2D eigenvalue weighted by atomic mass is 79.9. The molecule has 102 valence electrons. The number of hydrogen-bond acceptors (Lipinski definition) is 5. The van der Waals surface area contributed by atoms with Gasteiger partial charge in [-0.2, -0.15) is 0 Å². The van der Waals surface area contributed by atoms with Gasteiger partial charge in [-0.25, -0.2) is 4.68 Å². The van der Waals surface area contributed by atoms with E-state index in [0.717, 1.165) is 35.0 Å². The molecule has 1 aromatic carbocycles. The molecule has 0 saturated carbocycles. The largest absolute Gasteiger partial charge is 0.315 e. The van der Waals surface area contributed by atoms with Gasteiger partial charge in [0.1, 0.15) is 0 Å². The second kappa shape index (κ2) is 7.62. The Labute approximate surface area is 125 Å². The van der Waals surface area contributed by atoms with Gasteiger partial charge in [0.15, 0.2) is 0 Å². The van der Waals surface area contributed by atoms with E-state index < -0.39 is 0 Å². The molecule has 0 unspecified atom stereocenters. The SMILES string of the molecule is CCNCCn1nnnc1SCc1ccccc1Br. The average molecular weight is 342 g/mol. The van der Waals surface area contributed by atoms with E-state index in [1.807, 2.05) is 22.9 Å². The summed E-state index contributed by atoms with van der Waals surface area (Å²) >= 11 is 5.20. The minimum absolute atomic E-state index is 0.791. The van der Waals surface area contributed by atoms with Crippen molar-refractivity contribution in [1.82, 2.24) is 25.5 Å². The van der Waals surface area contributed by atoms with Gasteiger partial charge in [0, 0.05) is 16.8 Å². The van der Waals surface area contributed by atoms with Crippen LogP contribution in [0, 0.1) is 0 Å². The topological polar surface area (TPSA) is 55.6 Å². The summed E-state index contributed by atoms with van der Waals surface area (Å²) in [4.78, 5) is 0. The van der Waals surface area contributed by atoms with E-state index in [9.17, 15) is 0 Å². The Kier molecular flexibility index (Phi) is 5.81. The quantitative estimate of drug-likeness (QED) is 0.618. The van der Waals surface area contributed by atoms with Gasteiger partial charge < -0.3 is 5.32 Å². The molecular formula is C12H16BrN5S. The second-order valence-electron chi connectivity index (χ2n) is 3.92. The Bertz CT molecular complexity index is 516. The van der Waals surface area contributed by atoms with Crippen molar-refractivity contribution in [2.24, 2.45) is 0 Å². The van der Waals surface area contributed by atoms with E-state index in [1.54, 1.807) is 11.8 Å². The van der Waals surface area contributed by atoms with Gasteiger partial charge in [-0.05, 0) is 28.6 Å². The van der Waals surface area contributed by atoms with Crippen LogP contribution < -0.4 is 5.32 Å². The van der Waals surface area contributed by atoms with E-state index in [-0.39, 0.29) is 0 Å². The van der Waals surface area contributed by atoms with Gasteiger partial charge in [-0.15, -0.1) is 5.10 Å². The number of aromatic nitrogens is 4. The van der Waals surface area contributed by atoms with Crippen molar-refractivity contribution in [2.45, 2.75) is 24.4 Å². The fraction of sp³-hybridized carbons (Fsp3) is 0.417. The summed E-state index contributed by atoms with van der Waals surface area (Å²) in [6.45, 7) is 4.72. The molecule has 0 aliphatic carbocycles. The van der Waals surface area contributed by atoms with Gasteiger partial charge in [-0.1, -0.05) is 52.8 Å². The van der Waals surface area contributed by atoms with Crippen LogP contribution in [0.2, 0.25) is 0 Å². The van der Waals surface area contributed by atoms with Crippen LogP contribution in [0.3, 0.4) is 0 Å². The smallest absolute Gasteiger partial charge is 0.209 e. The summed E-state index contributed by atoms with van der Waals surface area (Å²) < 4.78 is 2.96. The van der Waals surface area contributed by atoms with Crippen molar-refractivity contribution in [1.29, 1.82) is 0 Å². The molecule has 0 fully saturated rings. The fourth-order valence-corrected chi connectivity index (χ4v) is 3.08. The highest BCUT2D eigenvalue weighted by Crippen LogP contribution is 2.24. The zero-order valence-electron chi connectivity index (χ0n) is 10.7. The van der Waals surface area contributed by atoms with E-state index in [2.05, 4.69) is 49.8 Å². The van der Waals surface area contributed by atoms with Crippen LogP contribution in [0.25, 0.3) is 0 Å². The molecule has 7 heteroatoms. The van der Waals surface area contributed by atoms with Gasteiger partial charge >= 0.3 is 0 Å². The third kappa shape index (κ3) is 4.29. The van der Waals surface area contributed by atoms with E-state index in [1.165, 1.54) is 5.56 Å². The Morgan fingerprint density at radius 1 is 1.37 bits per heavy atom. The number of rotatable bonds is 7. The summed E-state index contributed by atoms with van der Waals surface area (Å²) in [6, 6.07) is 8.20. The Morgan fingerprint density at radius 2 is 2.21 bits per heavy atom. The van der Waals surface area contributed by atoms with Crippen LogP contribution in [0.1, 0.15) is 12.5 Å². The van der Waals surface area contributed by atoms with Crippen molar-refractivity contribution in [2.75, 3.05) is 13.1 Å². The molecule has 0 amide bonds. The lowest BCUT2D eigenvalue weighted by molar-refractivity contribution is 0.517. The molecule has 0 spiro atoms. The zero-order chi connectivity index (χ0) is 13.5. The van der Waals surface area contributed by atoms with Crippen molar-refractivity contribution in [3.05, 3.63) is 34.3 Å². The van der Waals surface area contributed by atoms with Crippen molar-refractivity contribution in [3.8, 4) is 0 Å². The van der Waals surface area contributed by atoms with E-state index in [0.29, 0.717) is 0 Å². The maximum atomic E-state index is 4.06. The maximum absolute atomic E-state index is 4.06. The summed E-state index contributed by atoms with van der Waals surface area (Å²) in [5.74, 6) is 0.850. The van der Waals surface area contributed by atoms with Gasteiger partial charge in [0.2, 0.25) is 5.16 Å². The minimum atomic E-state index is 0.791. The molecule has 2 rings (SSSR count). The van der Waals surface area contributed by atoms with Crippen molar-refractivity contribution >= 4 is 27.7 Å². The molecule has 19 heavy (non-hydrogen) atoms. The number of thioether (sulfide) groups is 1. The molecule has 0 bridgehead atoms. The first-order chi connectivity index (χ1) is 9.31. The predicted octanol–water partition coefficient (Wildman–Crippen LogP) is 2.34. The summed E-state index contributed by atoms with van der Waals surface area (Å²) in [5, 5.41) is 15.9. The summed E-state index contributed by atoms with van der Waals surface area (Å²) in [6.07, 6.45) is 0. The molecule has 0 aliphatic heterocycles. The molecular weight excluding hydrogens is 326 g/mol. The fourth-order valence-electron chi connectivity index (χ4n) is 1.56. The summed E-state index contributed by atoms with van der Waals surface area (Å²) in [7, 11) is 0. The molecule has 1 N–H and O–H groups in total. The monoisotopic (exact) mass is 341 g/mol. The number of nitrogens with one attached hydrogen (secondary N) is 1. The summed E-state index contributed by atoms with van der Waals surface area (Å²) in [5.41, 5.74) is 1.24. The first-order valence-corrected chi connectivity index (χ1v) is 7.92. The van der Waals surface area contributed by atoms with Gasteiger partial charge in [0.25, 0.3) is 0 Å². The van der Waals surface area contributed by atoms with Crippen LogP contribution in [0.4, 0.5) is 0 Å². The second-order valence-corrected chi connectivity index (χ2v) is 5.72. The Balaban J connectivity index is 1.93. The van der Waals surface area contributed by atoms with Gasteiger partial charge in [0.05, 0.1) is 6.54 Å². The lowest BCUT2D eigenvalue weighted by Gasteiger charge is -2.05. The number of nitrogens with zero attached hydrogens (tertiary/aromatic N) is 4. The predicted molar refractivity (Wildman–Crippen MR) is 80.1 cm³/mol.